The van der Waals surface area contributed by atoms with Crippen molar-refractivity contribution in [1.82, 2.24) is 15.6 Å². The molecule has 31 heavy (non-hydrogen) atoms. The first-order valence-electron chi connectivity index (χ1n) is 9.70. The Morgan fingerprint density at radius 2 is 1.90 bits per heavy atom. The molecule has 0 amide bonds. The van der Waals surface area contributed by atoms with E-state index in [1.54, 1.807) is 31.5 Å². The molecule has 1 heterocycles. The number of benzene rings is 2. The summed E-state index contributed by atoms with van der Waals surface area (Å²) in [4.78, 5) is 8.88. The van der Waals surface area contributed by atoms with E-state index >= 15 is 0 Å². The van der Waals surface area contributed by atoms with Gasteiger partial charge in [0.25, 0.3) is 0 Å². The standard InChI is InChI=1S/C23H25FN4O2.HI/c1-3-25-23(28-16-18-7-4-5-10-21(18)29-2)27-15-17-11-12-22(26-14-17)30-20-9-6-8-19(24)13-20;/h4-14H,3,15-16H2,1-2H3,(H2,25,27,28);1H. The number of methoxy groups -OCH3 is 1. The number of hydrogen-bond donors (Lipinski definition) is 2. The number of halogens is 2. The zero-order valence-electron chi connectivity index (χ0n) is 17.5. The molecule has 0 bridgehead atoms. The molecule has 0 aliphatic rings. The maximum atomic E-state index is 13.3. The Hall–Kier alpha value is -2.88. The van der Waals surface area contributed by atoms with Crippen LogP contribution in [-0.4, -0.2) is 24.6 Å². The van der Waals surface area contributed by atoms with Gasteiger partial charge in [-0.1, -0.05) is 30.3 Å². The molecule has 0 saturated heterocycles. The van der Waals surface area contributed by atoms with Crippen molar-refractivity contribution in [3.05, 3.63) is 83.8 Å². The Morgan fingerprint density at radius 3 is 2.61 bits per heavy atom. The summed E-state index contributed by atoms with van der Waals surface area (Å²) >= 11 is 0. The van der Waals surface area contributed by atoms with Crippen LogP contribution in [0.3, 0.4) is 0 Å². The van der Waals surface area contributed by atoms with Crippen LogP contribution < -0.4 is 20.1 Å². The van der Waals surface area contributed by atoms with Crippen molar-refractivity contribution in [2.24, 2.45) is 4.99 Å². The summed E-state index contributed by atoms with van der Waals surface area (Å²) in [6, 6.07) is 17.4. The smallest absolute Gasteiger partial charge is 0.219 e. The summed E-state index contributed by atoms with van der Waals surface area (Å²) in [6.07, 6.45) is 1.70. The van der Waals surface area contributed by atoms with E-state index in [1.165, 1.54) is 12.1 Å². The van der Waals surface area contributed by atoms with Gasteiger partial charge in [0.15, 0.2) is 5.96 Å². The fourth-order valence-electron chi connectivity index (χ4n) is 2.76. The number of para-hydroxylation sites is 1. The lowest BCUT2D eigenvalue weighted by Gasteiger charge is -2.13. The van der Waals surface area contributed by atoms with Gasteiger partial charge in [-0.3, -0.25) is 0 Å². The number of nitrogens with one attached hydrogen (secondary N) is 2. The highest BCUT2D eigenvalue weighted by Gasteiger charge is 2.04. The third kappa shape index (κ3) is 7.71. The van der Waals surface area contributed by atoms with Crippen LogP contribution in [0.15, 0.2) is 71.9 Å². The van der Waals surface area contributed by atoms with E-state index in [9.17, 15) is 4.39 Å². The second-order valence-corrected chi connectivity index (χ2v) is 6.42. The maximum absolute atomic E-state index is 13.3. The molecular weight excluding hydrogens is 510 g/mol. The average Bonchev–Trinajstić information content (AvgIpc) is 2.77. The normalized spacial score (nSPS) is 10.7. The van der Waals surface area contributed by atoms with E-state index < -0.39 is 0 Å². The van der Waals surface area contributed by atoms with E-state index in [2.05, 4.69) is 20.6 Å². The number of rotatable bonds is 8. The molecule has 3 aromatic rings. The van der Waals surface area contributed by atoms with E-state index in [0.29, 0.717) is 30.7 Å². The highest BCUT2D eigenvalue weighted by molar-refractivity contribution is 14.0. The van der Waals surface area contributed by atoms with E-state index in [4.69, 9.17) is 9.47 Å². The molecule has 0 radical (unpaired) electrons. The number of hydrogen-bond acceptors (Lipinski definition) is 4. The van der Waals surface area contributed by atoms with E-state index in [0.717, 1.165) is 23.4 Å². The number of nitrogens with zero attached hydrogens (tertiary/aromatic N) is 2. The molecule has 8 heteroatoms. The molecule has 0 unspecified atom stereocenters. The van der Waals surface area contributed by atoms with Gasteiger partial charge in [0.1, 0.15) is 17.3 Å². The van der Waals surface area contributed by atoms with Crippen molar-refractivity contribution in [2.45, 2.75) is 20.0 Å². The van der Waals surface area contributed by atoms with Crippen molar-refractivity contribution < 1.29 is 13.9 Å². The first-order chi connectivity index (χ1) is 14.7. The van der Waals surface area contributed by atoms with Crippen LogP contribution in [0.2, 0.25) is 0 Å². The summed E-state index contributed by atoms with van der Waals surface area (Å²) in [5.74, 6) is 1.98. The van der Waals surface area contributed by atoms with Gasteiger partial charge in [-0.2, -0.15) is 0 Å². The predicted octanol–water partition coefficient (Wildman–Crippen LogP) is 4.89. The van der Waals surface area contributed by atoms with Gasteiger partial charge in [0.2, 0.25) is 5.88 Å². The minimum atomic E-state index is -0.352. The predicted molar refractivity (Wildman–Crippen MR) is 131 cm³/mol. The van der Waals surface area contributed by atoms with Crippen LogP contribution in [0.4, 0.5) is 4.39 Å². The summed E-state index contributed by atoms with van der Waals surface area (Å²) in [6.45, 7) is 3.81. The zero-order valence-corrected chi connectivity index (χ0v) is 19.8. The van der Waals surface area contributed by atoms with Gasteiger partial charge in [0, 0.05) is 37.0 Å². The van der Waals surface area contributed by atoms with E-state index in [1.807, 2.05) is 37.3 Å². The monoisotopic (exact) mass is 536 g/mol. The minimum Gasteiger partial charge on any atom is -0.496 e. The second-order valence-electron chi connectivity index (χ2n) is 6.42. The fraction of sp³-hybridized carbons (Fsp3) is 0.217. The molecule has 2 N–H and O–H groups in total. The van der Waals surface area contributed by atoms with Gasteiger partial charge in [-0.15, -0.1) is 24.0 Å². The van der Waals surface area contributed by atoms with Crippen molar-refractivity contribution in [1.29, 1.82) is 0 Å². The molecule has 0 saturated carbocycles. The van der Waals surface area contributed by atoms with Gasteiger partial charge in [0.05, 0.1) is 13.7 Å². The van der Waals surface area contributed by atoms with Crippen LogP contribution in [0.5, 0.6) is 17.4 Å². The lowest BCUT2D eigenvalue weighted by atomic mass is 10.2. The fourth-order valence-corrected chi connectivity index (χ4v) is 2.76. The number of aliphatic imine (C=N–C) groups is 1. The Kier molecular flexibility index (Phi) is 10.0. The summed E-state index contributed by atoms with van der Waals surface area (Å²) in [5.41, 5.74) is 1.97. The molecule has 0 aliphatic heterocycles. The average molecular weight is 536 g/mol. The number of ether oxygens (including phenoxy) is 2. The molecule has 0 aliphatic carbocycles. The molecule has 0 spiro atoms. The largest absolute Gasteiger partial charge is 0.496 e. The maximum Gasteiger partial charge on any atom is 0.219 e. The quantitative estimate of drug-likeness (QED) is 0.244. The highest BCUT2D eigenvalue weighted by atomic mass is 127. The van der Waals surface area contributed by atoms with Gasteiger partial charge in [-0.05, 0) is 30.7 Å². The first-order valence-corrected chi connectivity index (χ1v) is 9.70. The number of guanidine groups is 1. The lowest BCUT2D eigenvalue weighted by molar-refractivity contribution is 0.409. The molecule has 1 aromatic heterocycles. The molecule has 164 valence electrons. The van der Waals surface area contributed by atoms with Crippen molar-refractivity contribution in [3.63, 3.8) is 0 Å². The highest BCUT2D eigenvalue weighted by Crippen LogP contribution is 2.20. The topological polar surface area (TPSA) is 67.8 Å². The Bertz CT molecular complexity index is 983. The molecule has 6 nitrogen and oxygen atoms in total. The van der Waals surface area contributed by atoms with Gasteiger partial charge < -0.3 is 20.1 Å². The first kappa shape index (κ1) is 24.4. The van der Waals surface area contributed by atoms with Crippen LogP contribution in [0.25, 0.3) is 0 Å². The van der Waals surface area contributed by atoms with Gasteiger partial charge >= 0.3 is 0 Å². The summed E-state index contributed by atoms with van der Waals surface area (Å²) < 4.78 is 24.2. The second kappa shape index (κ2) is 12.7. The summed E-state index contributed by atoms with van der Waals surface area (Å²) in [7, 11) is 1.66. The van der Waals surface area contributed by atoms with Crippen molar-refractivity contribution in [3.8, 4) is 17.4 Å². The number of aromatic nitrogens is 1. The van der Waals surface area contributed by atoms with Crippen LogP contribution in [-0.2, 0) is 13.1 Å². The Labute approximate surface area is 198 Å². The Morgan fingerprint density at radius 1 is 1.06 bits per heavy atom. The molecular formula is C23H26FIN4O2. The van der Waals surface area contributed by atoms with Crippen molar-refractivity contribution in [2.75, 3.05) is 13.7 Å². The lowest BCUT2D eigenvalue weighted by Crippen LogP contribution is -2.36. The van der Waals surface area contributed by atoms with Crippen molar-refractivity contribution >= 4 is 29.9 Å². The number of pyridine rings is 1. The Balaban J connectivity index is 0.00000341. The van der Waals surface area contributed by atoms with Gasteiger partial charge in [-0.25, -0.2) is 14.4 Å². The minimum absolute atomic E-state index is 0. The van der Waals surface area contributed by atoms with Crippen LogP contribution >= 0.6 is 24.0 Å². The third-order valence-corrected chi connectivity index (χ3v) is 4.22. The molecule has 0 fully saturated rings. The zero-order chi connectivity index (χ0) is 21.2. The van der Waals surface area contributed by atoms with Crippen LogP contribution in [0.1, 0.15) is 18.1 Å². The summed E-state index contributed by atoms with van der Waals surface area (Å²) in [5, 5.41) is 6.54. The molecule has 3 rings (SSSR count). The van der Waals surface area contributed by atoms with E-state index in [-0.39, 0.29) is 29.8 Å². The molecule has 0 atom stereocenters. The SMILES string of the molecule is CCNC(=NCc1ccc(Oc2cccc(F)c2)nc1)NCc1ccccc1OC.I. The molecule has 2 aromatic carbocycles. The third-order valence-electron chi connectivity index (χ3n) is 4.22. The van der Waals surface area contributed by atoms with Crippen LogP contribution in [0, 0.1) is 5.82 Å².